The standard InChI is InChI=1S/C20H22FNO3/c1-2-24-18-9-11-19(12-10-18)25-14-20(23)22(17-7-8-17)13-15-3-5-16(21)6-4-15/h3-6,9-12,17H,2,7-8,13-14H2,1H3. The van der Waals surface area contributed by atoms with Crippen LogP contribution >= 0.6 is 0 Å². The Balaban J connectivity index is 1.56. The van der Waals surface area contributed by atoms with Crippen molar-refractivity contribution in [2.24, 2.45) is 0 Å². The maximum atomic E-state index is 13.0. The Morgan fingerprint density at radius 1 is 1.04 bits per heavy atom. The Labute approximate surface area is 147 Å². The minimum absolute atomic E-state index is 0.00826. The molecule has 2 aromatic rings. The average Bonchev–Trinajstić information content (AvgIpc) is 3.45. The van der Waals surface area contributed by atoms with E-state index in [-0.39, 0.29) is 24.4 Å². The quantitative estimate of drug-likeness (QED) is 0.732. The van der Waals surface area contributed by atoms with E-state index in [4.69, 9.17) is 9.47 Å². The Bertz CT molecular complexity index is 696. The highest BCUT2D eigenvalue weighted by molar-refractivity contribution is 5.78. The molecule has 0 aromatic heterocycles. The van der Waals surface area contributed by atoms with E-state index in [9.17, 15) is 9.18 Å². The van der Waals surface area contributed by atoms with Gasteiger partial charge in [-0.1, -0.05) is 12.1 Å². The number of ether oxygens (including phenoxy) is 2. The molecule has 0 radical (unpaired) electrons. The number of hydrogen-bond acceptors (Lipinski definition) is 3. The second-order valence-corrected chi connectivity index (χ2v) is 6.07. The molecule has 2 aromatic carbocycles. The molecule has 0 bridgehead atoms. The number of amides is 1. The number of halogens is 1. The molecule has 1 aliphatic rings. The second-order valence-electron chi connectivity index (χ2n) is 6.07. The largest absolute Gasteiger partial charge is 0.494 e. The number of carbonyl (C=O) groups is 1. The molecule has 0 aliphatic heterocycles. The lowest BCUT2D eigenvalue weighted by Crippen LogP contribution is -2.36. The van der Waals surface area contributed by atoms with Gasteiger partial charge in [-0.15, -0.1) is 0 Å². The smallest absolute Gasteiger partial charge is 0.261 e. The average molecular weight is 343 g/mol. The van der Waals surface area contributed by atoms with Crippen molar-refractivity contribution >= 4 is 5.91 Å². The highest BCUT2D eigenvalue weighted by atomic mass is 19.1. The Kier molecular flexibility index (Phi) is 5.53. The van der Waals surface area contributed by atoms with Gasteiger partial charge in [0.05, 0.1) is 6.61 Å². The van der Waals surface area contributed by atoms with Crippen LogP contribution in [-0.2, 0) is 11.3 Å². The van der Waals surface area contributed by atoms with E-state index in [1.165, 1.54) is 12.1 Å². The summed E-state index contributed by atoms with van der Waals surface area (Å²) in [6.07, 6.45) is 2.02. The van der Waals surface area contributed by atoms with Gasteiger partial charge in [-0.3, -0.25) is 4.79 Å². The van der Waals surface area contributed by atoms with Crippen LogP contribution in [0.25, 0.3) is 0 Å². The van der Waals surface area contributed by atoms with E-state index >= 15 is 0 Å². The molecular weight excluding hydrogens is 321 g/mol. The van der Waals surface area contributed by atoms with E-state index in [0.717, 1.165) is 24.2 Å². The zero-order valence-corrected chi connectivity index (χ0v) is 14.3. The van der Waals surface area contributed by atoms with Gasteiger partial charge in [0.25, 0.3) is 5.91 Å². The van der Waals surface area contributed by atoms with Gasteiger partial charge in [-0.25, -0.2) is 4.39 Å². The number of benzene rings is 2. The van der Waals surface area contributed by atoms with Crippen molar-refractivity contribution in [3.05, 3.63) is 59.9 Å². The molecular formula is C20H22FNO3. The topological polar surface area (TPSA) is 38.8 Å². The predicted molar refractivity (Wildman–Crippen MR) is 93.1 cm³/mol. The lowest BCUT2D eigenvalue weighted by atomic mass is 10.2. The van der Waals surface area contributed by atoms with E-state index in [1.807, 2.05) is 24.0 Å². The second kappa shape index (κ2) is 8.01. The molecule has 1 saturated carbocycles. The van der Waals surface area contributed by atoms with Gasteiger partial charge in [0.2, 0.25) is 0 Å². The Morgan fingerprint density at radius 2 is 1.64 bits per heavy atom. The first-order chi connectivity index (χ1) is 12.2. The first-order valence-electron chi connectivity index (χ1n) is 8.55. The molecule has 0 heterocycles. The van der Waals surface area contributed by atoms with Crippen LogP contribution in [0, 0.1) is 5.82 Å². The van der Waals surface area contributed by atoms with Gasteiger partial charge in [0.15, 0.2) is 6.61 Å². The molecule has 0 unspecified atom stereocenters. The van der Waals surface area contributed by atoms with Gasteiger partial charge >= 0.3 is 0 Å². The fraction of sp³-hybridized carbons (Fsp3) is 0.350. The Morgan fingerprint density at radius 3 is 2.20 bits per heavy atom. The van der Waals surface area contributed by atoms with Crippen LogP contribution in [-0.4, -0.2) is 30.1 Å². The van der Waals surface area contributed by atoms with Crippen LogP contribution in [0.15, 0.2) is 48.5 Å². The fourth-order valence-corrected chi connectivity index (χ4v) is 2.62. The van der Waals surface area contributed by atoms with Gasteiger partial charge < -0.3 is 14.4 Å². The highest BCUT2D eigenvalue weighted by Gasteiger charge is 2.32. The third-order valence-corrected chi connectivity index (χ3v) is 4.07. The maximum absolute atomic E-state index is 13.0. The van der Waals surface area contributed by atoms with Crippen LogP contribution < -0.4 is 9.47 Å². The summed E-state index contributed by atoms with van der Waals surface area (Å²) in [5.41, 5.74) is 0.919. The van der Waals surface area contributed by atoms with E-state index < -0.39 is 0 Å². The third-order valence-electron chi connectivity index (χ3n) is 4.07. The van der Waals surface area contributed by atoms with Crippen molar-refractivity contribution < 1.29 is 18.7 Å². The molecule has 5 heteroatoms. The maximum Gasteiger partial charge on any atom is 0.261 e. The molecule has 1 aliphatic carbocycles. The molecule has 0 saturated heterocycles. The normalized spacial score (nSPS) is 13.4. The summed E-state index contributed by atoms with van der Waals surface area (Å²) in [5.74, 6) is 1.08. The van der Waals surface area contributed by atoms with Gasteiger partial charge in [-0.2, -0.15) is 0 Å². The summed E-state index contributed by atoms with van der Waals surface area (Å²) in [6.45, 7) is 3.01. The number of hydrogen-bond donors (Lipinski definition) is 0. The minimum atomic E-state index is -0.271. The first-order valence-corrected chi connectivity index (χ1v) is 8.55. The molecule has 1 amide bonds. The minimum Gasteiger partial charge on any atom is -0.494 e. The molecule has 0 atom stereocenters. The van der Waals surface area contributed by atoms with Crippen molar-refractivity contribution in [2.75, 3.05) is 13.2 Å². The molecule has 1 fully saturated rings. The van der Waals surface area contributed by atoms with Gasteiger partial charge in [-0.05, 0) is 61.7 Å². The van der Waals surface area contributed by atoms with E-state index in [1.54, 1.807) is 24.3 Å². The molecule has 0 N–H and O–H groups in total. The number of carbonyl (C=O) groups excluding carboxylic acids is 1. The summed E-state index contributed by atoms with van der Waals surface area (Å²) in [7, 11) is 0. The molecule has 3 rings (SSSR count). The lowest BCUT2D eigenvalue weighted by molar-refractivity contribution is -0.134. The number of nitrogens with zero attached hydrogens (tertiary/aromatic N) is 1. The SMILES string of the molecule is CCOc1ccc(OCC(=O)N(Cc2ccc(F)cc2)C2CC2)cc1. The molecule has 0 spiro atoms. The van der Waals surface area contributed by atoms with E-state index in [2.05, 4.69) is 0 Å². The third kappa shape index (κ3) is 4.95. The van der Waals surface area contributed by atoms with E-state index in [0.29, 0.717) is 18.9 Å². The van der Waals surface area contributed by atoms with Gasteiger partial charge in [0, 0.05) is 12.6 Å². The summed E-state index contributed by atoms with van der Waals surface area (Å²) in [5, 5.41) is 0. The van der Waals surface area contributed by atoms with Crippen LogP contribution in [0.2, 0.25) is 0 Å². The summed E-state index contributed by atoms with van der Waals surface area (Å²) in [4.78, 5) is 14.4. The van der Waals surface area contributed by atoms with Crippen molar-refractivity contribution in [2.45, 2.75) is 32.4 Å². The van der Waals surface area contributed by atoms with Crippen molar-refractivity contribution in [3.8, 4) is 11.5 Å². The van der Waals surface area contributed by atoms with Crippen LogP contribution in [0.5, 0.6) is 11.5 Å². The summed E-state index contributed by atoms with van der Waals surface area (Å²) >= 11 is 0. The highest BCUT2D eigenvalue weighted by Crippen LogP contribution is 2.28. The van der Waals surface area contributed by atoms with Crippen LogP contribution in [0.4, 0.5) is 4.39 Å². The summed E-state index contributed by atoms with van der Waals surface area (Å²) < 4.78 is 24.0. The van der Waals surface area contributed by atoms with Crippen molar-refractivity contribution in [1.29, 1.82) is 0 Å². The molecule has 4 nitrogen and oxygen atoms in total. The van der Waals surface area contributed by atoms with Gasteiger partial charge in [0.1, 0.15) is 17.3 Å². The molecule has 132 valence electrons. The zero-order chi connectivity index (χ0) is 17.6. The van der Waals surface area contributed by atoms with Crippen molar-refractivity contribution in [1.82, 2.24) is 4.90 Å². The summed E-state index contributed by atoms with van der Waals surface area (Å²) in [6, 6.07) is 13.8. The van der Waals surface area contributed by atoms with Crippen LogP contribution in [0.3, 0.4) is 0 Å². The Hall–Kier alpha value is -2.56. The van der Waals surface area contributed by atoms with Crippen molar-refractivity contribution in [3.63, 3.8) is 0 Å². The first kappa shape index (κ1) is 17.3. The lowest BCUT2D eigenvalue weighted by Gasteiger charge is -2.22. The number of rotatable bonds is 8. The fourth-order valence-electron chi connectivity index (χ4n) is 2.62. The monoisotopic (exact) mass is 343 g/mol. The van der Waals surface area contributed by atoms with Crippen LogP contribution in [0.1, 0.15) is 25.3 Å². The molecule has 25 heavy (non-hydrogen) atoms. The zero-order valence-electron chi connectivity index (χ0n) is 14.3. The predicted octanol–water partition coefficient (Wildman–Crippen LogP) is 3.79.